The van der Waals surface area contributed by atoms with E-state index >= 15 is 0 Å². The fourth-order valence-corrected chi connectivity index (χ4v) is 2.19. The molecule has 96 valence electrons. The third-order valence-corrected chi connectivity index (χ3v) is 3.24. The van der Waals surface area contributed by atoms with Gasteiger partial charge in [0.25, 0.3) is 0 Å². The van der Waals surface area contributed by atoms with Crippen LogP contribution < -0.4 is 0 Å². The van der Waals surface area contributed by atoms with Gasteiger partial charge in [-0.3, -0.25) is 0 Å². The number of fused-ring (bicyclic) bond motifs is 1. The first-order valence-corrected chi connectivity index (χ1v) is 6.19. The predicted molar refractivity (Wildman–Crippen MR) is 74.7 cm³/mol. The van der Waals surface area contributed by atoms with Gasteiger partial charge in [-0.1, -0.05) is 6.07 Å². The fraction of sp³-hybridized carbons (Fsp3) is 0.200. The van der Waals surface area contributed by atoms with E-state index in [-0.39, 0.29) is 0 Å². The lowest BCUT2D eigenvalue weighted by atomic mass is 10.1. The Kier molecular flexibility index (Phi) is 2.52. The Morgan fingerprint density at radius 3 is 2.21 bits per heavy atom. The summed E-state index contributed by atoms with van der Waals surface area (Å²) in [5, 5.41) is 18.7. The van der Waals surface area contributed by atoms with Crippen molar-refractivity contribution in [3.63, 3.8) is 0 Å². The van der Waals surface area contributed by atoms with Crippen molar-refractivity contribution >= 4 is 11.0 Å². The summed E-state index contributed by atoms with van der Waals surface area (Å²) in [7, 11) is 0. The largest absolute Gasteiger partial charge is 0.507 e. The normalized spacial score (nSPS) is 11.1. The van der Waals surface area contributed by atoms with Crippen LogP contribution in [0.3, 0.4) is 0 Å². The Morgan fingerprint density at radius 2 is 1.53 bits per heavy atom. The van der Waals surface area contributed by atoms with Crippen molar-refractivity contribution in [3.8, 4) is 11.4 Å². The van der Waals surface area contributed by atoms with Crippen molar-refractivity contribution in [1.29, 1.82) is 0 Å². The minimum atomic E-state index is 0.330. The minimum Gasteiger partial charge on any atom is -0.507 e. The second kappa shape index (κ2) is 4.09. The van der Waals surface area contributed by atoms with Crippen LogP contribution in [0.2, 0.25) is 0 Å². The molecule has 1 N–H and O–H groups in total. The summed E-state index contributed by atoms with van der Waals surface area (Å²) in [4.78, 5) is 1.61. The Balaban J connectivity index is 2.19. The number of rotatable bonds is 1. The molecule has 0 atom stereocenters. The van der Waals surface area contributed by atoms with E-state index in [0.717, 1.165) is 33.4 Å². The third-order valence-electron chi connectivity index (χ3n) is 3.24. The monoisotopic (exact) mass is 253 g/mol. The van der Waals surface area contributed by atoms with Crippen LogP contribution in [0.4, 0.5) is 0 Å². The van der Waals surface area contributed by atoms with Gasteiger partial charge in [-0.15, -0.1) is 10.2 Å². The molecule has 0 radical (unpaired) electrons. The van der Waals surface area contributed by atoms with Gasteiger partial charge < -0.3 is 5.11 Å². The minimum absolute atomic E-state index is 0.330. The number of hydrogen-bond donors (Lipinski definition) is 1. The first-order chi connectivity index (χ1) is 9.04. The van der Waals surface area contributed by atoms with Crippen LogP contribution in [0.1, 0.15) is 16.7 Å². The molecule has 0 amide bonds. The highest BCUT2D eigenvalue weighted by Gasteiger charge is 2.08. The van der Waals surface area contributed by atoms with Crippen LogP contribution in [0.15, 0.2) is 30.3 Å². The number of aromatic hydroxyl groups is 1. The van der Waals surface area contributed by atoms with E-state index in [1.165, 1.54) is 0 Å². The van der Waals surface area contributed by atoms with Crippen LogP contribution in [-0.2, 0) is 0 Å². The summed E-state index contributed by atoms with van der Waals surface area (Å²) in [5.41, 5.74) is 5.43. The van der Waals surface area contributed by atoms with Crippen molar-refractivity contribution in [1.82, 2.24) is 15.0 Å². The topological polar surface area (TPSA) is 50.9 Å². The van der Waals surface area contributed by atoms with Gasteiger partial charge in [0.15, 0.2) is 0 Å². The molecule has 3 aromatic rings. The summed E-state index contributed by atoms with van der Waals surface area (Å²) in [6, 6.07) is 9.77. The lowest BCUT2D eigenvalue weighted by molar-refractivity contribution is 0.466. The number of aryl methyl sites for hydroxylation is 3. The van der Waals surface area contributed by atoms with E-state index in [9.17, 15) is 5.11 Å². The van der Waals surface area contributed by atoms with Crippen LogP contribution >= 0.6 is 0 Å². The highest BCUT2D eigenvalue weighted by atomic mass is 16.3. The molecule has 0 bridgehead atoms. The molecule has 0 saturated heterocycles. The van der Waals surface area contributed by atoms with Crippen molar-refractivity contribution in [2.24, 2.45) is 0 Å². The van der Waals surface area contributed by atoms with E-state index in [0.29, 0.717) is 5.75 Å². The fourth-order valence-electron chi connectivity index (χ4n) is 2.19. The van der Waals surface area contributed by atoms with E-state index < -0.39 is 0 Å². The molecular weight excluding hydrogens is 238 g/mol. The van der Waals surface area contributed by atoms with Gasteiger partial charge in [-0.2, -0.15) is 4.80 Å². The SMILES string of the molecule is Cc1ccc2nn(-c3cc(C)c(O)c(C)c3)nc2c1. The molecule has 4 heteroatoms. The molecule has 0 unspecified atom stereocenters. The highest BCUT2D eigenvalue weighted by Crippen LogP contribution is 2.24. The number of phenolic OH excluding ortho intramolecular Hbond substituents is 1. The van der Waals surface area contributed by atoms with Crippen molar-refractivity contribution in [2.45, 2.75) is 20.8 Å². The molecule has 3 rings (SSSR count). The Bertz CT molecular complexity index is 751. The molecular formula is C15H15N3O. The number of hydrogen-bond acceptors (Lipinski definition) is 3. The number of phenols is 1. The summed E-state index contributed by atoms with van der Waals surface area (Å²) >= 11 is 0. The Morgan fingerprint density at radius 1 is 0.895 bits per heavy atom. The van der Waals surface area contributed by atoms with E-state index in [1.807, 2.05) is 51.1 Å². The summed E-state index contributed by atoms with van der Waals surface area (Å²) in [5.74, 6) is 0.330. The van der Waals surface area contributed by atoms with Gasteiger partial charge in [0.05, 0.1) is 5.69 Å². The maximum absolute atomic E-state index is 9.80. The molecule has 0 saturated carbocycles. The second-order valence-electron chi connectivity index (χ2n) is 4.91. The number of benzene rings is 2. The van der Waals surface area contributed by atoms with Gasteiger partial charge >= 0.3 is 0 Å². The van der Waals surface area contributed by atoms with E-state index in [2.05, 4.69) is 10.2 Å². The molecule has 1 heterocycles. The van der Waals surface area contributed by atoms with Crippen molar-refractivity contribution in [2.75, 3.05) is 0 Å². The van der Waals surface area contributed by atoms with Gasteiger partial charge in [0.1, 0.15) is 16.8 Å². The molecule has 2 aromatic carbocycles. The first-order valence-electron chi connectivity index (χ1n) is 6.19. The smallest absolute Gasteiger partial charge is 0.121 e. The average Bonchev–Trinajstić information content (AvgIpc) is 2.78. The summed E-state index contributed by atoms with van der Waals surface area (Å²) in [6.07, 6.45) is 0. The zero-order valence-electron chi connectivity index (χ0n) is 11.2. The molecule has 0 aliphatic carbocycles. The Hall–Kier alpha value is -2.36. The van der Waals surface area contributed by atoms with E-state index in [4.69, 9.17) is 0 Å². The lowest BCUT2D eigenvalue weighted by Gasteiger charge is -2.06. The summed E-state index contributed by atoms with van der Waals surface area (Å²) in [6.45, 7) is 5.78. The van der Waals surface area contributed by atoms with Crippen LogP contribution in [-0.4, -0.2) is 20.1 Å². The van der Waals surface area contributed by atoms with E-state index in [1.54, 1.807) is 4.80 Å². The molecule has 0 aliphatic rings. The molecule has 19 heavy (non-hydrogen) atoms. The maximum atomic E-state index is 9.80. The standard InChI is InChI=1S/C15H15N3O/c1-9-4-5-13-14(6-9)17-18(16-13)12-7-10(2)15(19)11(3)8-12/h4-8,19H,1-3H3. The number of aromatic nitrogens is 3. The number of nitrogens with zero attached hydrogens (tertiary/aromatic N) is 3. The van der Waals surface area contributed by atoms with Gasteiger partial charge in [-0.05, 0) is 61.7 Å². The van der Waals surface area contributed by atoms with Gasteiger partial charge in [0.2, 0.25) is 0 Å². The molecule has 0 aliphatic heterocycles. The zero-order valence-corrected chi connectivity index (χ0v) is 11.2. The molecule has 0 spiro atoms. The highest BCUT2D eigenvalue weighted by molar-refractivity contribution is 5.74. The zero-order chi connectivity index (χ0) is 13.6. The lowest BCUT2D eigenvalue weighted by Crippen LogP contribution is -1.99. The quantitative estimate of drug-likeness (QED) is 0.725. The van der Waals surface area contributed by atoms with Gasteiger partial charge in [0, 0.05) is 0 Å². The third kappa shape index (κ3) is 1.95. The van der Waals surface area contributed by atoms with Gasteiger partial charge in [-0.25, -0.2) is 0 Å². The van der Waals surface area contributed by atoms with Crippen molar-refractivity contribution in [3.05, 3.63) is 47.0 Å². The molecule has 1 aromatic heterocycles. The maximum Gasteiger partial charge on any atom is 0.121 e. The first kappa shape index (κ1) is 11.7. The predicted octanol–water partition coefficient (Wildman–Crippen LogP) is 3.05. The van der Waals surface area contributed by atoms with Crippen LogP contribution in [0.5, 0.6) is 5.75 Å². The molecule has 0 fully saturated rings. The average molecular weight is 253 g/mol. The van der Waals surface area contributed by atoms with Crippen LogP contribution in [0.25, 0.3) is 16.7 Å². The molecule has 4 nitrogen and oxygen atoms in total. The van der Waals surface area contributed by atoms with Crippen LogP contribution in [0, 0.1) is 20.8 Å². The second-order valence-corrected chi connectivity index (χ2v) is 4.91. The Labute approximate surface area is 111 Å². The van der Waals surface area contributed by atoms with Crippen molar-refractivity contribution < 1.29 is 5.11 Å². The summed E-state index contributed by atoms with van der Waals surface area (Å²) < 4.78 is 0.